The molecule has 1 aromatic heterocycles. The average molecular weight is 399 g/mol. The van der Waals surface area contributed by atoms with Crippen LogP contribution in [0.25, 0.3) is 11.1 Å². The topological polar surface area (TPSA) is 91.3 Å². The number of ether oxygens (including phenoxy) is 1. The van der Waals surface area contributed by atoms with E-state index in [1.807, 2.05) is 24.3 Å². The maximum atomic E-state index is 11.1. The molecule has 1 saturated heterocycles. The van der Waals surface area contributed by atoms with Gasteiger partial charge in [-0.1, -0.05) is 40.1 Å². The molecule has 1 aliphatic heterocycles. The Balaban J connectivity index is 1.52. The van der Waals surface area contributed by atoms with Gasteiger partial charge in [-0.15, -0.1) is 0 Å². The third-order valence-electron chi connectivity index (χ3n) is 4.78. The van der Waals surface area contributed by atoms with Crippen LogP contribution in [0, 0.1) is 0 Å². The fraction of sp³-hybridized carbons (Fsp3) is 0.250. The van der Waals surface area contributed by atoms with Gasteiger partial charge in [0, 0.05) is 24.3 Å². The Morgan fingerprint density at radius 3 is 2.54 bits per heavy atom. The lowest BCUT2D eigenvalue weighted by molar-refractivity contribution is 0.0687. The van der Waals surface area contributed by atoms with Crippen LogP contribution < -0.4 is 9.64 Å². The molecule has 0 unspecified atom stereocenters. The molecule has 0 atom stereocenters. The van der Waals surface area contributed by atoms with E-state index in [9.17, 15) is 4.79 Å². The van der Waals surface area contributed by atoms with Crippen molar-refractivity contribution < 1.29 is 14.6 Å². The van der Waals surface area contributed by atoms with Gasteiger partial charge in [0.2, 0.25) is 5.69 Å². The number of carboxylic acid groups (broad SMARTS) is 1. The summed E-state index contributed by atoms with van der Waals surface area (Å²) in [7, 11) is 0. The highest BCUT2D eigenvalue weighted by molar-refractivity contribution is 6.33. The van der Waals surface area contributed by atoms with Crippen LogP contribution in [0.1, 0.15) is 29.8 Å². The van der Waals surface area contributed by atoms with E-state index in [0.717, 1.165) is 29.9 Å². The summed E-state index contributed by atoms with van der Waals surface area (Å²) in [4.78, 5) is 13.5. The molecule has 0 spiro atoms. The number of nitrogens with zero attached hydrogens (tertiary/aromatic N) is 3. The lowest BCUT2D eigenvalue weighted by Crippen LogP contribution is -2.29. The first-order valence-electron chi connectivity index (χ1n) is 9.09. The van der Waals surface area contributed by atoms with Gasteiger partial charge >= 0.3 is 5.97 Å². The molecule has 144 valence electrons. The molecule has 0 aliphatic carbocycles. The first-order chi connectivity index (χ1) is 13.6. The minimum atomic E-state index is -1.18. The normalized spacial score (nSPS) is 14.1. The summed E-state index contributed by atoms with van der Waals surface area (Å²) in [6, 6.07) is 13.4. The second-order valence-electron chi connectivity index (χ2n) is 6.64. The van der Waals surface area contributed by atoms with Crippen LogP contribution in [0.5, 0.6) is 11.6 Å². The molecule has 8 heteroatoms. The summed E-state index contributed by atoms with van der Waals surface area (Å²) in [6.07, 6.45) is 3.73. The fourth-order valence-electron chi connectivity index (χ4n) is 3.33. The van der Waals surface area contributed by atoms with Gasteiger partial charge in [0.25, 0.3) is 5.88 Å². The van der Waals surface area contributed by atoms with E-state index in [2.05, 4.69) is 26.4 Å². The minimum Gasteiger partial charge on any atom is -0.476 e. The largest absolute Gasteiger partial charge is 0.476 e. The lowest BCUT2D eigenvalue weighted by Gasteiger charge is -2.29. The van der Waals surface area contributed by atoms with E-state index in [4.69, 9.17) is 21.4 Å². The molecule has 2 aromatic carbocycles. The van der Waals surface area contributed by atoms with Gasteiger partial charge < -0.3 is 14.7 Å². The van der Waals surface area contributed by atoms with E-state index < -0.39 is 5.97 Å². The number of carboxylic acids is 1. The van der Waals surface area contributed by atoms with Crippen molar-refractivity contribution in [3.8, 4) is 22.8 Å². The van der Waals surface area contributed by atoms with Crippen LogP contribution in [-0.2, 0) is 0 Å². The van der Waals surface area contributed by atoms with Crippen LogP contribution in [0.2, 0.25) is 5.02 Å². The van der Waals surface area contributed by atoms with Crippen molar-refractivity contribution in [2.45, 2.75) is 19.3 Å². The van der Waals surface area contributed by atoms with E-state index in [1.165, 1.54) is 19.3 Å². The van der Waals surface area contributed by atoms with Gasteiger partial charge in [0.1, 0.15) is 5.75 Å². The monoisotopic (exact) mass is 398 g/mol. The summed E-state index contributed by atoms with van der Waals surface area (Å²) >= 11 is 6.55. The summed E-state index contributed by atoms with van der Waals surface area (Å²) in [5.74, 6) is -0.803. The van der Waals surface area contributed by atoms with Crippen molar-refractivity contribution in [1.29, 1.82) is 0 Å². The molecule has 28 heavy (non-hydrogen) atoms. The smallest absolute Gasteiger partial charge is 0.359 e. The number of hydrogen-bond donors (Lipinski definition) is 2. The number of aromatic carboxylic acids is 1. The number of nitrogens with one attached hydrogen (secondary N) is 1. The highest BCUT2D eigenvalue weighted by Crippen LogP contribution is 2.34. The van der Waals surface area contributed by atoms with Crippen LogP contribution in [-0.4, -0.2) is 39.6 Å². The Bertz CT molecular complexity index is 981. The van der Waals surface area contributed by atoms with Crippen molar-refractivity contribution in [1.82, 2.24) is 15.4 Å². The number of carbonyl (C=O) groups is 1. The molecule has 0 bridgehead atoms. The Morgan fingerprint density at radius 1 is 1.11 bits per heavy atom. The van der Waals surface area contributed by atoms with Gasteiger partial charge in [0.05, 0.1) is 5.02 Å². The van der Waals surface area contributed by atoms with Crippen LogP contribution in [0.4, 0.5) is 5.69 Å². The van der Waals surface area contributed by atoms with Gasteiger partial charge in [-0.25, -0.2) is 9.89 Å². The number of H-pyrrole nitrogens is 1. The van der Waals surface area contributed by atoms with E-state index in [-0.39, 0.29) is 11.6 Å². The zero-order valence-electron chi connectivity index (χ0n) is 15.1. The zero-order chi connectivity index (χ0) is 19.5. The quantitative estimate of drug-likeness (QED) is 0.652. The first-order valence-corrected chi connectivity index (χ1v) is 9.47. The number of aromatic nitrogens is 3. The Kier molecular flexibility index (Phi) is 5.16. The van der Waals surface area contributed by atoms with Gasteiger partial charge in [-0.3, -0.25) is 0 Å². The van der Waals surface area contributed by atoms with Crippen molar-refractivity contribution in [3.63, 3.8) is 0 Å². The predicted octanol–water partition coefficient (Wildman–Crippen LogP) is 4.61. The molecule has 2 heterocycles. The second kappa shape index (κ2) is 7.90. The molecule has 1 fully saturated rings. The number of hydrogen-bond acceptors (Lipinski definition) is 5. The highest BCUT2D eigenvalue weighted by atomic mass is 35.5. The number of rotatable bonds is 5. The van der Waals surface area contributed by atoms with Gasteiger partial charge in [-0.05, 0) is 49.1 Å². The number of piperidine rings is 1. The standard InChI is InChI=1S/C20H19ClN4O3/c21-17-12-14(25-10-2-1-3-11-25)6-9-16(17)13-4-7-15(8-5-13)28-19-18(20(26)27)22-24-23-19/h4-9,12H,1-3,10-11H2,(H,26,27)(H,22,23,24). The van der Waals surface area contributed by atoms with Crippen LogP contribution in [0.15, 0.2) is 42.5 Å². The molecule has 7 nitrogen and oxygen atoms in total. The minimum absolute atomic E-state index is 0.0795. The van der Waals surface area contributed by atoms with E-state index in [0.29, 0.717) is 10.8 Å². The maximum Gasteiger partial charge on any atom is 0.359 e. The molecule has 0 amide bonds. The van der Waals surface area contributed by atoms with Gasteiger partial charge in [0.15, 0.2) is 0 Å². The van der Waals surface area contributed by atoms with Crippen LogP contribution in [0.3, 0.4) is 0 Å². The summed E-state index contributed by atoms with van der Waals surface area (Å²) in [5.41, 5.74) is 2.84. The molecule has 0 saturated carbocycles. The Labute approximate surface area is 166 Å². The molecule has 0 radical (unpaired) electrons. The zero-order valence-corrected chi connectivity index (χ0v) is 15.8. The first kappa shape index (κ1) is 18.3. The van der Waals surface area contributed by atoms with Crippen molar-refractivity contribution in [3.05, 3.63) is 53.2 Å². The lowest BCUT2D eigenvalue weighted by atomic mass is 10.0. The number of benzene rings is 2. The Hall–Kier alpha value is -3.06. The van der Waals surface area contributed by atoms with Crippen molar-refractivity contribution >= 4 is 23.3 Å². The second-order valence-corrected chi connectivity index (χ2v) is 7.04. The molecule has 4 rings (SSSR count). The number of aromatic amines is 1. The number of halogens is 1. The molecule has 2 N–H and O–H groups in total. The van der Waals surface area contributed by atoms with Crippen molar-refractivity contribution in [2.24, 2.45) is 0 Å². The van der Waals surface area contributed by atoms with Crippen LogP contribution >= 0.6 is 11.6 Å². The fourth-order valence-corrected chi connectivity index (χ4v) is 3.61. The predicted molar refractivity (Wildman–Crippen MR) is 106 cm³/mol. The molecule has 3 aromatic rings. The summed E-state index contributed by atoms with van der Waals surface area (Å²) in [6.45, 7) is 2.14. The van der Waals surface area contributed by atoms with Gasteiger partial charge in [-0.2, -0.15) is 0 Å². The third kappa shape index (κ3) is 3.80. The molecular weight excluding hydrogens is 380 g/mol. The van der Waals surface area contributed by atoms with E-state index >= 15 is 0 Å². The molecular formula is C20H19ClN4O3. The SMILES string of the molecule is O=C(O)c1[nH]nnc1Oc1ccc(-c2ccc(N3CCCCC3)cc2Cl)cc1. The highest BCUT2D eigenvalue weighted by Gasteiger charge is 2.17. The van der Waals surface area contributed by atoms with E-state index in [1.54, 1.807) is 12.1 Å². The molecule has 1 aliphatic rings. The number of anilines is 1. The summed E-state index contributed by atoms with van der Waals surface area (Å²) < 4.78 is 5.51. The van der Waals surface area contributed by atoms with Crippen molar-refractivity contribution in [2.75, 3.05) is 18.0 Å². The Morgan fingerprint density at radius 2 is 1.86 bits per heavy atom. The average Bonchev–Trinajstić information content (AvgIpc) is 3.18. The maximum absolute atomic E-state index is 11.1. The third-order valence-corrected chi connectivity index (χ3v) is 5.10. The summed E-state index contributed by atoms with van der Waals surface area (Å²) in [5, 5.41) is 19.2.